The third kappa shape index (κ3) is 6.18. The minimum Gasteiger partial charge on any atom is -0.490 e. The summed E-state index contributed by atoms with van der Waals surface area (Å²) in [4.78, 5) is 37.1. The lowest BCUT2D eigenvalue weighted by Crippen LogP contribution is -2.12. The fourth-order valence-corrected chi connectivity index (χ4v) is 3.98. The van der Waals surface area contributed by atoms with Crippen molar-refractivity contribution in [3.05, 3.63) is 45.8 Å². The molecule has 0 aliphatic rings. The molecule has 1 aromatic heterocycles. The number of hydrogen-bond acceptors (Lipinski definition) is 7. The summed E-state index contributed by atoms with van der Waals surface area (Å²) in [6, 6.07) is 5.38. The van der Waals surface area contributed by atoms with E-state index in [0.29, 0.717) is 35.2 Å². The number of nitrogens with one attached hydrogen (secondary N) is 1. The minimum absolute atomic E-state index is 0.179. The van der Waals surface area contributed by atoms with Crippen molar-refractivity contribution in [3.8, 4) is 11.5 Å². The maximum absolute atomic E-state index is 12.5. The summed E-state index contributed by atoms with van der Waals surface area (Å²) >= 11 is 1.06. The molecule has 0 aliphatic heterocycles. The van der Waals surface area contributed by atoms with E-state index in [1.165, 1.54) is 13.0 Å². The van der Waals surface area contributed by atoms with Gasteiger partial charge in [-0.05, 0) is 64.0 Å². The van der Waals surface area contributed by atoms with Gasteiger partial charge in [0, 0.05) is 6.08 Å². The number of Topliss-reactive ketones (excluding diaryl/α,β-unsaturated/α-hetero) is 1. The summed E-state index contributed by atoms with van der Waals surface area (Å²) in [5.41, 5.74) is 1.46. The fourth-order valence-electron chi connectivity index (χ4n) is 2.88. The SMILES string of the molecule is CCOC(=O)c1c(NC(=O)/C=C/c2ccc(OCC)c(OCC)c2)sc(C(C)=O)c1C. The number of ether oxygens (including phenoxy) is 3. The first-order valence-electron chi connectivity index (χ1n) is 10.0. The molecule has 1 heterocycles. The van der Waals surface area contributed by atoms with Gasteiger partial charge in [-0.3, -0.25) is 9.59 Å². The van der Waals surface area contributed by atoms with Crippen LogP contribution in [0, 0.1) is 6.92 Å². The van der Waals surface area contributed by atoms with Crippen molar-refractivity contribution in [1.29, 1.82) is 0 Å². The molecule has 0 unspecified atom stereocenters. The second-order valence-electron chi connectivity index (χ2n) is 6.43. The number of amides is 1. The van der Waals surface area contributed by atoms with Crippen LogP contribution in [-0.4, -0.2) is 37.5 Å². The predicted octanol–water partition coefficient (Wildman–Crippen LogP) is 4.89. The van der Waals surface area contributed by atoms with E-state index in [-0.39, 0.29) is 23.0 Å². The Labute approximate surface area is 186 Å². The number of hydrogen-bond donors (Lipinski definition) is 1. The largest absolute Gasteiger partial charge is 0.490 e. The summed E-state index contributed by atoms with van der Waals surface area (Å²) in [5, 5.41) is 2.98. The van der Waals surface area contributed by atoms with Gasteiger partial charge in [-0.1, -0.05) is 6.07 Å². The highest BCUT2D eigenvalue weighted by molar-refractivity contribution is 7.18. The third-order valence-electron chi connectivity index (χ3n) is 4.18. The van der Waals surface area contributed by atoms with Crippen LogP contribution in [0.25, 0.3) is 6.08 Å². The second kappa shape index (κ2) is 11.3. The molecule has 0 fully saturated rings. The van der Waals surface area contributed by atoms with Crippen molar-refractivity contribution in [1.82, 2.24) is 0 Å². The summed E-state index contributed by atoms with van der Waals surface area (Å²) < 4.78 is 16.2. The molecule has 31 heavy (non-hydrogen) atoms. The van der Waals surface area contributed by atoms with E-state index >= 15 is 0 Å². The number of esters is 1. The van der Waals surface area contributed by atoms with Gasteiger partial charge in [-0.15, -0.1) is 11.3 Å². The molecule has 0 radical (unpaired) electrons. The molecule has 1 N–H and O–H groups in total. The van der Waals surface area contributed by atoms with Gasteiger partial charge in [0.15, 0.2) is 17.3 Å². The van der Waals surface area contributed by atoms with Gasteiger partial charge in [0.1, 0.15) is 5.00 Å². The van der Waals surface area contributed by atoms with E-state index in [0.717, 1.165) is 16.9 Å². The normalized spacial score (nSPS) is 10.7. The van der Waals surface area contributed by atoms with Gasteiger partial charge in [0.05, 0.1) is 30.3 Å². The van der Waals surface area contributed by atoms with Crippen LogP contribution < -0.4 is 14.8 Å². The zero-order valence-electron chi connectivity index (χ0n) is 18.4. The smallest absolute Gasteiger partial charge is 0.341 e. The molecular formula is C23H27NO6S. The van der Waals surface area contributed by atoms with Crippen LogP contribution in [0.15, 0.2) is 24.3 Å². The zero-order chi connectivity index (χ0) is 23.0. The van der Waals surface area contributed by atoms with E-state index in [4.69, 9.17) is 14.2 Å². The van der Waals surface area contributed by atoms with Gasteiger partial charge in [0.25, 0.3) is 0 Å². The van der Waals surface area contributed by atoms with E-state index in [1.54, 1.807) is 32.1 Å². The standard InChI is InChI=1S/C23H27NO6S/c1-6-28-17-11-9-16(13-18(17)29-7-2)10-12-19(26)24-22-20(23(27)30-8-3)14(4)21(31-22)15(5)25/h9-13H,6-8H2,1-5H3,(H,24,26)/b12-10+. The second-order valence-corrected chi connectivity index (χ2v) is 7.45. The first kappa shape index (κ1) is 24.1. The number of rotatable bonds is 10. The molecule has 8 heteroatoms. The topological polar surface area (TPSA) is 90.9 Å². The predicted molar refractivity (Wildman–Crippen MR) is 121 cm³/mol. The molecule has 0 bridgehead atoms. The van der Waals surface area contributed by atoms with Crippen LogP contribution in [0.3, 0.4) is 0 Å². The van der Waals surface area contributed by atoms with E-state index in [9.17, 15) is 14.4 Å². The Kier molecular flexibility index (Phi) is 8.81. The van der Waals surface area contributed by atoms with Gasteiger partial charge >= 0.3 is 5.97 Å². The molecule has 0 atom stereocenters. The summed E-state index contributed by atoms with van der Waals surface area (Å²) in [6.07, 6.45) is 2.98. The minimum atomic E-state index is -0.573. The first-order chi connectivity index (χ1) is 14.8. The number of anilines is 1. The van der Waals surface area contributed by atoms with Crippen molar-refractivity contribution in [2.45, 2.75) is 34.6 Å². The molecule has 2 rings (SSSR count). The van der Waals surface area contributed by atoms with Gasteiger partial charge < -0.3 is 19.5 Å². The van der Waals surface area contributed by atoms with Gasteiger partial charge in [-0.2, -0.15) is 0 Å². The van der Waals surface area contributed by atoms with Crippen LogP contribution in [0.2, 0.25) is 0 Å². The average Bonchev–Trinajstić information content (AvgIpc) is 3.04. The number of carbonyl (C=O) groups is 3. The number of benzene rings is 1. The fraction of sp³-hybridized carbons (Fsp3) is 0.348. The summed E-state index contributed by atoms with van der Waals surface area (Å²) in [6.45, 7) is 9.74. The van der Waals surface area contributed by atoms with E-state index in [2.05, 4.69) is 5.32 Å². The number of ketones is 1. The Hall–Kier alpha value is -3.13. The lowest BCUT2D eigenvalue weighted by molar-refractivity contribution is -0.111. The molecule has 166 valence electrons. The van der Waals surface area contributed by atoms with Crippen molar-refractivity contribution in [2.75, 3.05) is 25.1 Å². The molecule has 2 aromatic rings. The van der Waals surface area contributed by atoms with Crippen molar-refractivity contribution in [3.63, 3.8) is 0 Å². The lowest BCUT2D eigenvalue weighted by Gasteiger charge is -2.11. The Balaban J connectivity index is 2.25. The van der Waals surface area contributed by atoms with Crippen LogP contribution in [0.1, 0.15) is 58.9 Å². The van der Waals surface area contributed by atoms with Crippen molar-refractivity contribution in [2.24, 2.45) is 0 Å². The van der Waals surface area contributed by atoms with Crippen LogP contribution in [0.4, 0.5) is 5.00 Å². The van der Waals surface area contributed by atoms with Gasteiger partial charge in [-0.25, -0.2) is 4.79 Å². The number of thiophene rings is 1. The van der Waals surface area contributed by atoms with Gasteiger partial charge in [0.2, 0.25) is 5.91 Å². The zero-order valence-corrected chi connectivity index (χ0v) is 19.2. The molecule has 0 spiro atoms. The molecule has 0 saturated carbocycles. The average molecular weight is 446 g/mol. The van der Waals surface area contributed by atoms with E-state index in [1.807, 2.05) is 19.9 Å². The highest BCUT2D eigenvalue weighted by atomic mass is 32.1. The maximum atomic E-state index is 12.5. The van der Waals surface area contributed by atoms with Crippen LogP contribution >= 0.6 is 11.3 Å². The van der Waals surface area contributed by atoms with Crippen LogP contribution in [-0.2, 0) is 9.53 Å². The highest BCUT2D eigenvalue weighted by Crippen LogP contribution is 2.34. The maximum Gasteiger partial charge on any atom is 0.341 e. The Bertz CT molecular complexity index is 992. The molecule has 1 aromatic carbocycles. The summed E-state index contributed by atoms with van der Waals surface area (Å²) in [7, 11) is 0. The molecule has 0 aliphatic carbocycles. The molecule has 7 nitrogen and oxygen atoms in total. The lowest BCUT2D eigenvalue weighted by atomic mass is 10.1. The monoisotopic (exact) mass is 445 g/mol. The molecule has 1 amide bonds. The van der Waals surface area contributed by atoms with Crippen molar-refractivity contribution >= 4 is 40.1 Å². The number of carbonyl (C=O) groups excluding carboxylic acids is 3. The van der Waals surface area contributed by atoms with Crippen LogP contribution in [0.5, 0.6) is 11.5 Å². The Morgan fingerprint density at radius 1 is 1.03 bits per heavy atom. The Morgan fingerprint density at radius 3 is 2.32 bits per heavy atom. The van der Waals surface area contributed by atoms with E-state index < -0.39 is 11.9 Å². The molecule has 0 saturated heterocycles. The third-order valence-corrected chi connectivity index (χ3v) is 5.49. The molecular weight excluding hydrogens is 418 g/mol. The Morgan fingerprint density at radius 2 is 1.71 bits per heavy atom. The first-order valence-corrected chi connectivity index (χ1v) is 10.8. The highest BCUT2D eigenvalue weighted by Gasteiger charge is 2.24. The summed E-state index contributed by atoms with van der Waals surface area (Å²) in [5.74, 6) is 0.0407. The van der Waals surface area contributed by atoms with Crippen molar-refractivity contribution < 1.29 is 28.6 Å². The quantitative estimate of drug-likeness (QED) is 0.318.